The minimum atomic E-state index is -4.35. The summed E-state index contributed by atoms with van der Waals surface area (Å²) >= 11 is 0. The van der Waals surface area contributed by atoms with E-state index in [-0.39, 0.29) is 32.0 Å². The van der Waals surface area contributed by atoms with Crippen LogP contribution in [-0.2, 0) is 32.7 Å². The van der Waals surface area contributed by atoms with E-state index in [1.807, 2.05) is 21.1 Å². The number of unbranched alkanes of at least 4 members (excludes halogenated alkanes) is 14. The van der Waals surface area contributed by atoms with Crippen LogP contribution in [0.25, 0.3) is 0 Å². The molecule has 254 valence electrons. The number of carbonyl (C=O) groups excluding carboxylic acids is 2. The highest BCUT2D eigenvalue weighted by Crippen LogP contribution is 2.43. The molecular weight excluding hydrogens is 569 g/mol. The van der Waals surface area contributed by atoms with Crippen LogP contribution in [-0.4, -0.2) is 74.9 Å². The average molecular weight is 635 g/mol. The highest BCUT2D eigenvalue weighted by atomic mass is 31.2. The standard InChI is InChI=1S/C33H64NO8P/c1-6-8-10-12-13-14-15-16-17-18-19-20-21-22-24-25-32(35)39-29-31(42-33(36)26-23-11-9-7-2)30-41-43(37,38)40-28-27-34(3,4)5/h16-17,31H,6-15,18-30H2,1-5H3/p+1/b17-16-/t31-/m1/s1. The first-order chi connectivity index (χ1) is 20.5. The topological polar surface area (TPSA) is 108 Å². The SMILES string of the molecule is CCCCCCCC/C=C\CCCCCCCC(=O)OC[C@H](COP(=O)(O)OCC[N+](C)(C)C)OC(=O)CCCCCC. The molecule has 0 saturated carbocycles. The van der Waals surface area contributed by atoms with Gasteiger partial charge in [-0.1, -0.05) is 96.6 Å². The van der Waals surface area contributed by atoms with Crippen molar-refractivity contribution in [3.8, 4) is 0 Å². The van der Waals surface area contributed by atoms with Crippen LogP contribution in [0.2, 0.25) is 0 Å². The molecule has 0 saturated heterocycles. The molecule has 0 rings (SSSR count). The van der Waals surface area contributed by atoms with Crippen molar-refractivity contribution in [1.29, 1.82) is 0 Å². The summed E-state index contributed by atoms with van der Waals surface area (Å²) in [5.41, 5.74) is 0. The van der Waals surface area contributed by atoms with Crippen LogP contribution in [0.1, 0.15) is 136 Å². The number of phosphoric ester groups is 1. The molecule has 0 fully saturated rings. The number of hydrogen-bond donors (Lipinski definition) is 1. The van der Waals surface area contributed by atoms with Crippen molar-refractivity contribution in [2.75, 3.05) is 47.5 Å². The molecule has 9 nitrogen and oxygen atoms in total. The third-order valence-corrected chi connectivity index (χ3v) is 8.03. The summed E-state index contributed by atoms with van der Waals surface area (Å²) in [6, 6.07) is 0. The summed E-state index contributed by atoms with van der Waals surface area (Å²) in [6.07, 6.45) is 23.2. The molecular formula is C33H65NO8P+. The molecule has 10 heteroatoms. The van der Waals surface area contributed by atoms with E-state index in [9.17, 15) is 19.0 Å². The van der Waals surface area contributed by atoms with Crippen LogP contribution < -0.4 is 0 Å². The van der Waals surface area contributed by atoms with Gasteiger partial charge in [-0.05, 0) is 38.5 Å². The molecule has 0 aromatic heterocycles. The normalized spacial score (nSPS) is 14.1. The molecule has 1 N–H and O–H groups in total. The van der Waals surface area contributed by atoms with Crippen LogP contribution in [0, 0.1) is 0 Å². The molecule has 0 spiro atoms. The molecule has 0 aliphatic heterocycles. The fraction of sp³-hybridized carbons (Fsp3) is 0.879. The average Bonchev–Trinajstić information content (AvgIpc) is 2.94. The van der Waals surface area contributed by atoms with Crippen LogP contribution in [0.15, 0.2) is 12.2 Å². The number of quaternary nitrogens is 1. The van der Waals surface area contributed by atoms with Crippen molar-refractivity contribution < 1.29 is 42.1 Å². The van der Waals surface area contributed by atoms with Crippen molar-refractivity contribution in [3.63, 3.8) is 0 Å². The number of likely N-dealkylation sites (N-methyl/N-ethyl adjacent to an activating group) is 1. The second-order valence-corrected chi connectivity index (χ2v) is 14.0. The van der Waals surface area contributed by atoms with Gasteiger partial charge >= 0.3 is 19.8 Å². The van der Waals surface area contributed by atoms with E-state index >= 15 is 0 Å². The quantitative estimate of drug-likeness (QED) is 0.0276. The van der Waals surface area contributed by atoms with Gasteiger partial charge in [-0.15, -0.1) is 0 Å². The smallest absolute Gasteiger partial charge is 0.462 e. The summed E-state index contributed by atoms with van der Waals surface area (Å²) in [6.45, 7) is 4.24. The summed E-state index contributed by atoms with van der Waals surface area (Å²) in [4.78, 5) is 34.6. The van der Waals surface area contributed by atoms with Crippen molar-refractivity contribution in [2.45, 2.75) is 142 Å². The minimum absolute atomic E-state index is 0.0318. The number of ether oxygens (including phenoxy) is 2. The van der Waals surface area contributed by atoms with Gasteiger partial charge in [0.05, 0.1) is 27.7 Å². The fourth-order valence-corrected chi connectivity index (χ4v) is 5.04. The van der Waals surface area contributed by atoms with Crippen molar-refractivity contribution in [3.05, 3.63) is 12.2 Å². The highest BCUT2D eigenvalue weighted by Gasteiger charge is 2.27. The fourth-order valence-electron chi connectivity index (χ4n) is 4.30. The molecule has 0 bridgehead atoms. The van der Waals surface area contributed by atoms with Gasteiger partial charge in [0.15, 0.2) is 6.10 Å². The second-order valence-electron chi connectivity index (χ2n) is 12.6. The van der Waals surface area contributed by atoms with Crippen LogP contribution in [0.5, 0.6) is 0 Å². The lowest BCUT2D eigenvalue weighted by atomic mass is 10.1. The maximum Gasteiger partial charge on any atom is 0.472 e. The van der Waals surface area contributed by atoms with Gasteiger partial charge in [-0.2, -0.15) is 0 Å². The van der Waals surface area contributed by atoms with Gasteiger partial charge in [0.1, 0.15) is 19.8 Å². The van der Waals surface area contributed by atoms with Gasteiger partial charge in [0, 0.05) is 12.8 Å². The summed E-state index contributed by atoms with van der Waals surface area (Å²) < 4.78 is 33.7. The van der Waals surface area contributed by atoms with Crippen LogP contribution >= 0.6 is 7.82 Å². The van der Waals surface area contributed by atoms with E-state index in [2.05, 4.69) is 26.0 Å². The zero-order valence-electron chi connectivity index (χ0n) is 28.2. The van der Waals surface area contributed by atoms with E-state index in [0.717, 1.165) is 57.8 Å². The zero-order valence-corrected chi connectivity index (χ0v) is 29.1. The summed E-state index contributed by atoms with van der Waals surface area (Å²) in [7, 11) is 1.47. The lowest BCUT2D eigenvalue weighted by Gasteiger charge is -2.24. The predicted molar refractivity (Wildman–Crippen MR) is 174 cm³/mol. The van der Waals surface area contributed by atoms with Gasteiger partial charge in [0.2, 0.25) is 0 Å². The Morgan fingerprint density at radius 1 is 0.698 bits per heavy atom. The maximum absolute atomic E-state index is 12.3. The van der Waals surface area contributed by atoms with Gasteiger partial charge < -0.3 is 18.9 Å². The molecule has 0 aromatic carbocycles. The maximum atomic E-state index is 12.3. The monoisotopic (exact) mass is 634 g/mol. The Morgan fingerprint density at radius 3 is 1.74 bits per heavy atom. The number of allylic oxidation sites excluding steroid dienone is 2. The number of nitrogens with zero attached hydrogens (tertiary/aromatic N) is 1. The first-order valence-corrected chi connectivity index (χ1v) is 18.4. The number of rotatable bonds is 30. The van der Waals surface area contributed by atoms with E-state index in [4.69, 9.17) is 18.5 Å². The van der Waals surface area contributed by atoms with Gasteiger partial charge in [0.25, 0.3) is 0 Å². The zero-order chi connectivity index (χ0) is 32.2. The molecule has 1 unspecified atom stereocenters. The number of phosphoric acid groups is 1. The predicted octanol–water partition coefficient (Wildman–Crippen LogP) is 8.29. The Morgan fingerprint density at radius 2 is 1.19 bits per heavy atom. The van der Waals surface area contributed by atoms with Crippen molar-refractivity contribution >= 4 is 19.8 Å². The highest BCUT2D eigenvalue weighted by molar-refractivity contribution is 7.47. The molecule has 0 aliphatic rings. The summed E-state index contributed by atoms with van der Waals surface area (Å²) in [5.74, 6) is -0.829. The Hall–Kier alpha value is -1.25. The van der Waals surface area contributed by atoms with Crippen molar-refractivity contribution in [1.82, 2.24) is 0 Å². The first-order valence-electron chi connectivity index (χ1n) is 16.9. The Labute approximate surface area is 263 Å². The third kappa shape index (κ3) is 30.6. The lowest BCUT2D eigenvalue weighted by molar-refractivity contribution is -0.870. The van der Waals surface area contributed by atoms with E-state index in [1.54, 1.807) is 0 Å². The van der Waals surface area contributed by atoms with Crippen LogP contribution in [0.3, 0.4) is 0 Å². The Kier molecular flexibility index (Phi) is 26.3. The van der Waals surface area contributed by atoms with E-state index in [1.165, 1.54) is 44.9 Å². The van der Waals surface area contributed by atoms with Gasteiger partial charge in [-0.3, -0.25) is 18.6 Å². The van der Waals surface area contributed by atoms with Gasteiger partial charge in [-0.25, -0.2) is 4.57 Å². The van der Waals surface area contributed by atoms with Crippen molar-refractivity contribution in [2.24, 2.45) is 0 Å². The molecule has 0 aromatic rings. The molecule has 0 amide bonds. The second kappa shape index (κ2) is 27.1. The van der Waals surface area contributed by atoms with Crippen LogP contribution in [0.4, 0.5) is 0 Å². The summed E-state index contributed by atoms with van der Waals surface area (Å²) in [5, 5.41) is 0. The number of carbonyl (C=O) groups is 2. The van der Waals surface area contributed by atoms with E-state index in [0.29, 0.717) is 17.4 Å². The first kappa shape index (κ1) is 41.8. The van der Waals surface area contributed by atoms with E-state index < -0.39 is 26.5 Å². The largest absolute Gasteiger partial charge is 0.472 e. The minimum Gasteiger partial charge on any atom is -0.462 e. The lowest BCUT2D eigenvalue weighted by Crippen LogP contribution is -2.37. The molecule has 43 heavy (non-hydrogen) atoms. The number of hydrogen-bond acceptors (Lipinski definition) is 7. The molecule has 2 atom stereocenters. The third-order valence-electron chi connectivity index (χ3n) is 7.05. The molecule has 0 heterocycles. The Bertz CT molecular complexity index is 768. The number of esters is 2. The molecule has 0 radical (unpaired) electrons. The molecule has 0 aliphatic carbocycles. The Balaban J connectivity index is 4.29.